The largest absolute Gasteiger partial charge is 0.348 e. The Hall–Kier alpha value is -2.46. The molecule has 5 heteroatoms. The van der Waals surface area contributed by atoms with E-state index in [2.05, 4.69) is 10.3 Å². The van der Waals surface area contributed by atoms with Crippen molar-refractivity contribution in [1.29, 1.82) is 0 Å². The average molecular weight is 315 g/mol. The number of nitrogens with one attached hydrogen (secondary N) is 1. The zero-order valence-corrected chi connectivity index (χ0v) is 12.3. The Morgan fingerprint density at radius 1 is 1.14 bits per heavy atom. The van der Waals surface area contributed by atoms with Gasteiger partial charge in [0.2, 0.25) is 0 Å². The summed E-state index contributed by atoms with van der Waals surface area (Å²) in [6, 6.07) is 15.4. The van der Waals surface area contributed by atoms with Crippen LogP contribution in [0.3, 0.4) is 0 Å². The van der Waals surface area contributed by atoms with Crippen molar-refractivity contribution in [2.75, 3.05) is 0 Å². The normalized spacial score (nSPS) is 10.6. The summed E-state index contributed by atoms with van der Waals surface area (Å²) in [7, 11) is 0. The van der Waals surface area contributed by atoms with Crippen LogP contribution < -0.4 is 5.32 Å². The number of halogens is 2. The first-order valence-electron chi connectivity index (χ1n) is 6.71. The number of rotatable bonds is 3. The van der Waals surface area contributed by atoms with Crippen LogP contribution in [0.5, 0.6) is 0 Å². The fourth-order valence-corrected chi connectivity index (χ4v) is 2.38. The van der Waals surface area contributed by atoms with E-state index >= 15 is 0 Å². The van der Waals surface area contributed by atoms with E-state index in [0.29, 0.717) is 17.4 Å². The van der Waals surface area contributed by atoms with Gasteiger partial charge in [-0.3, -0.25) is 4.79 Å². The monoisotopic (exact) mass is 314 g/mol. The number of aromatic nitrogens is 1. The molecule has 0 spiro atoms. The third-order valence-corrected chi connectivity index (χ3v) is 3.56. The Bertz CT molecular complexity index is 837. The highest BCUT2D eigenvalue weighted by Crippen LogP contribution is 2.21. The second kappa shape index (κ2) is 6.12. The van der Waals surface area contributed by atoms with Crippen LogP contribution in [0.2, 0.25) is 5.15 Å². The lowest BCUT2D eigenvalue weighted by atomic mass is 10.1. The predicted molar refractivity (Wildman–Crippen MR) is 84.3 cm³/mol. The fraction of sp³-hybridized carbons (Fsp3) is 0.0588. The molecule has 0 aliphatic rings. The van der Waals surface area contributed by atoms with Crippen LogP contribution in [0.25, 0.3) is 10.9 Å². The van der Waals surface area contributed by atoms with Crippen LogP contribution >= 0.6 is 11.6 Å². The number of hydrogen-bond donors (Lipinski definition) is 1. The zero-order chi connectivity index (χ0) is 15.5. The van der Waals surface area contributed by atoms with Gasteiger partial charge in [0.15, 0.2) is 0 Å². The highest BCUT2D eigenvalue weighted by molar-refractivity contribution is 6.33. The first-order chi connectivity index (χ1) is 10.6. The standard InChI is InChI=1S/C17H12ClFN2O/c18-16-14(8-12-6-7-13(19)9-15(12)21-16)17(22)20-10-11-4-2-1-3-5-11/h1-9H,10H2,(H,20,22). The van der Waals surface area contributed by atoms with E-state index in [9.17, 15) is 9.18 Å². The van der Waals surface area contributed by atoms with Gasteiger partial charge in [0.25, 0.3) is 5.91 Å². The lowest BCUT2D eigenvalue weighted by Gasteiger charge is -2.08. The Kier molecular flexibility index (Phi) is 4.02. The summed E-state index contributed by atoms with van der Waals surface area (Å²) < 4.78 is 13.2. The summed E-state index contributed by atoms with van der Waals surface area (Å²) in [5, 5.41) is 3.52. The van der Waals surface area contributed by atoms with E-state index in [1.807, 2.05) is 30.3 Å². The molecule has 0 fully saturated rings. The Labute approximate surface area is 131 Å². The van der Waals surface area contributed by atoms with Crippen molar-refractivity contribution in [3.05, 3.63) is 76.7 Å². The van der Waals surface area contributed by atoms with Gasteiger partial charge in [-0.2, -0.15) is 0 Å². The highest BCUT2D eigenvalue weighted by atomic mass is 35.5. The number of fused-ring (bicyclic) bond motifs is 1. The van der Waals surface area contributed by atoms with Gasteiger partial charge in [0.1, 0.15) is 11.0 Å². The van der Waals surface area contributed by atoms with Crippen LogP contribution in [-0.2, 0) is 6.54 Å². The summed E-state index contributed by atoms with van der Waals surface area (Å²) in [6.45, 7) is 0.400. The van der Waals surface area contributed by atoms with Crippen molar-refractivity contribution < 1.29 is 9.18 Å². The smallest absolute Gasteiger partial charge is 0.254 e. The van der Waals surface area contributed by atoms with Crippen molar-refractivity contribution in [2.45, 2.75) is 6.54 Å². The van der Waals surface area contributed by atoms with E-state index in [0.717, 1.165) is 5.56 Å². The van der Waals surface area contributed by atoms with Gasteiger partial charge in [-0.05, 0) is 23.8 Å². The molecule has 3 aromatic rings. The Morgan fingerprint density at radius 3 is 2.68 bits per heavy atom. The molecule has 2 aromatic carbocycles. The molecule has 0 aliphatic carbocycles. The molecule has 0 radical (unpaired) electrons. The average Bonchev–Trinajstić information content (AvgIpc) is 2.53. The van der Waals surface area contributed by atoms with Gasteiger partial charge >= 0.3 is 0 Å². The zero-order valence-electron chi connectivity index (χ0n) is 11.5. The summed E-state index contributed by atoms with van der Waals surface area (Å²) in [6.07, 6.45) is 0. The Morgan fingerprint density at radius 2 is 1.91 bits per heavy atom. The second-order valence-electron chi connectivity index (χ2n) is 4.83. The molecule has 1 heterocycles. The van der Waals surface area contributed by atoms with Gasteiger partial charge in [-0.15, -0.1) is 0 Å². The molecule has 0 unspecified atom stereocenters. The minimum absolute atomic E-state index is 0.0589. The van der Waals surface area contributed by atoms with Crippen molar-refractivity contribution >= 4 is 28.4 Å². The molecule has 0 aliphatic heterocycles. The van der Waals surface area contributed by atoms with Crippen molar-refractivity contribution in [1.82, 2.24) is 10.3 Å². The molecule has 0 bridgehead atoms. The molecule has 1 amide bonds. The van der Waals surface area contributed by atoms with Gasteiger partial charge in [-0.25, -0.2) is 9.37 Å². The molecule has 22 heavy (non-hydrogen) atoms. The van der Waals surface area contributed by atoms with Crippen LogP contribution in [0.1, 0.15) is 15.9 Å². The molecule has 1 N–H and O–H groups in total. The molecule has 3 rings (SSSR count). The minimum atomic E-state index is -0.391. The van der Waals surface area contributed by atoms with Gasteiger partial charge in [0.05, 0.1) is 11.1 Å². The maximum Gasteiger partial charge on any atom is 0.254 e. The molecular formula is C17H12ClFN2O. The predicted octanol–water partition coefficient (Wildman–Crippen LogP) is 3.96. The lowest BCUT2D eigenvalue weighted by molar-refractivity contribution is 0.0951. The molecule has 1 aromatic heterocycles. The topological polar surface area (TPSA) is 42.0 Å². The highest BCUT2D eigenvalue weighted by Gasteiger charge is 2.13. The number of amides is 1. The molecule has 0 atom stereocenters. The quantitative estimate of drug-likeness (QED) is 0.744. The number of carbonyl (C=O) groups is 1. The van der Waals surface area contributed by atoms with Gasteiger partial charge in [0, 0.05) is 18.0 Å². The first kappa shape index (κ1) is 14.5. The van der Waals surface area contributed by atoms with E-state index in [4.69, 9.17) is 11.6 Å². The molecule has 0 saturated heterocycles. The third kappa shape index (κ3) is 3.07. The number of benzene rings is 2. The molecule has 110 valence electrons. The third-order valence-electron chi connectivity index (χ3n) is 3.27. The number of carbonyl (C=O) groups excluding carboxylic acids is 1. The summed E-state index contributed by atoms with van der Waals surface area (Å²) in [5.41, 5.74) is 1.68. The summed E-state index contributed by atoms with van der Waals surface area (Å²) in [4.78, 5) is 16.3. The SMILES string of the molecule is O=C(NCc1ccccc1)c1cc2ccc(F)cc2nc1Cl. The van der Waals surface area contributed by atoms with Crippen molar-refractivity contribution in [3.8, 4) is 0 Å². The van der Waals surface area contributed by atoms with Crippen LogP contribution in [0, 0.1) is 5.82 Å². The Balaban J connectivity index is 1.84. The molecule has 0 saturated carbocycles. The van der Waals surface area contributed by atoms with E-state index in [1.165, 1.54) is 12.1 Å². The maximum atomic E-state index is 13.2. The summed E-state index contributed by atoms with van der Waals surface area (Å²) in [5.74, 6) is -0.704. The van der Waals surface area contributed by atoms with Crippen molar-refractivity contribution in [2.24, 2.45) is 0 Å². The number of nitrogens with zero attached hydrogens (tertiary/aromatic N) is 1. The number of hydrogen-bond acceptors (Lipinski definition) is 2. The number of pyridine rings is 1. The second-order valence-corrected chi connectivity index (χ2v) is 5.19. The molecular weight excluding hydrogens is 303 g/mol. The van der Waals surface area contributed by atoms with Crippen LogP contribution in [-0.4, -0.2) is 10.9 Å². The van der Waals surface area contributed by atoms with E-state index in [-0.39, 0.29) is 16.6 Å². The van der Waals surface area contributed by atoms with Crippen LogP contribution in [0.4, 0.5) is 4.39 Å². The fourth-order valence-electron chi connectivity index (χ4n) is 2.15. The molecule has 3 nitrogen and oxygen atoms in total. The maximum absolute atomic E-state index is 13.2. The van der Waals surface area contributed by atoms with E-state index in [1.54, 1.807) is 12.1 Å². The first-order valence-corrected chi connectivity index (χ1v) is 7.09. The van der Waals surface area contributed by atoms with Crippen molar-refractivity contribution in [3.63, 3.8) is 0 Å². The summed E-state index contributed by atoms with van der Waals surface area (Å²) >= 11 is 6.04. The minimum Gasteiger partial charge on any atom is -0.348 e. The van der Waals surface area contributed by atoms with Gasteiger partial charge < -0.3 is 5.32 Å². The van der Waals surface area contributed by atoms with Crippen LogP contribution in [0.15, 0.2) is 54.6 Å². The lowest BCUT2D eigenvalue weighted by Crippen LogP contribution is -2.23. The van der Waals surface area contributed by atoms with E-state index < -0.39 is 5.82 Å². The van der Waals surface area contributed by atoms with Gasteiger partial charge in [-0.1, -0.05) is 41.9 Å².